The summed E-state index contributed by atoms with van der Waals surface area (Å²) in [5.41, 5.74) is 4.66. The minimum atomic E-state index is 0.462. The second-order valence-corrected chi connectivity index (χ2v) is 5.10. The van der Waals surface area contributed by atoms with E-state index in [1.165, 1.54) is 16.7 Å². The van der Waals surface area contributed by atoms with Crippen LogP contribution in [-0.2, 0) is 12.5 Å². The van der Waals surface area contributed by atoms with Crippen LogP contribution in [0.25, 0.3) is 0 Å². The van der Waals surface area contributed by atoms with Crippen molar-refractivity contribution in [3.05, 3.63) is 58.7 Å². The molecular formula is C17H19ClO2. The normalized spacial score (nSPS) is 10.4. The highest BCUT2D eigenvalue weighted by Gasteiger charge is 2.07. The Labute approximate surface area is 125 Å². The summed E-state index contributed by atoms with van der Waals surface area (Å²) in [6.45, 7) is 4.69. The topological polar surface area (TPSA) is 18.5 Å². The zero-order chi connectivity index (χ0) is 14.5. The van der Waals surface area contributed by atoms with E-state index in [-0.39, 0.29) is 0 Å². The molecule has 3 heteroatoms. The van der Waals surface area contributed by atoms with Gasteiger partial charge >= 0.3 is 0 Å². The molecule has 0 radical (unpaired) electrons. The van der Waals surface area contributed by atoms with Crippen molar-refractivity contribution < 1.29 is 9.47 Å². The zero-order valence-corrected chi connectivity index (χ0v) is 12.8. The van der Waals surface area contributed by atoms with Crippen molar-refractivity contribution in [3.8, 4) is 11.5 Å². The van der Waals surface area contributed by atoms with Gasteiger partial charge in [0.15, 0.2) is 11.5 Å². The largest absolute Gasteiger partial charge is 0.493 e. The van der Waals surface area contributed by atoms with E-state index in [0.717, 1.165) is 17.1 Å². The smallest absolute Gasteiger partial charge is 0.161 e. The van der Waals surface area contributed by atoms with Gasteiger partial charge in [-0.2, -0.15) is 0 Å². The van der Waals surface area contributed by atoms with Gasteiger partial charge in [-0.15, -0.1) is 11.6 Å². The molecule has 0 aliphatic rings. The van der Waals surface area contributed by atoms with Gasteiger partial charge < -0.3 is 9.47 Å². The highest BCUT2D eigenvalue weighted by Crippen LogP contribution is 2.29. The predicted molar refractivity (Wildman–Crippen MR) is 82.8 cm³/mol. The molecule has 20 heavy (non-hydrogen) atoms. The first kappa shape index (κ1) is 14.7. The Balaban J connectivity index is 2.19. The minimum Gasteiger partial charge on any atom is -0.493 e. The summed E-state index contributed by atoms with van der Waals surface area (Å²) >= 11 is 5.86. The fourth-order valence-corrected chi connectivity index (χ4v) is 2.19. The van der Waals surface area contributed by atoms with Gasteiger partial charge in [0.05, 0.1) is 7.11 Å². The standard InChI is InChI=1S/C17H19ClO2/c1-12-4-5-13(2)15(8-12)11-20-17-9-14(10-18)6-7-16(17)19-3/h4-9H,10-11H2,1-3H3. The third-order valence-electron chi connectivity index (χ3n) is 3.27. The average Bonchev–Trinajstić information content (AvgIpc) is 2.47. The van der Waals surface area contributed by atoms with Gasteiger partial charge in [-0.05, 0) is 42.7 Å². The van der Waals surface area contributed by atoms with Crippen molar-refractivity contribution in [2.45, 2.75) is 26.3 Å². The molecule has 0 unspecified atom stereocenters. The number of hydrogen-bond acceptors (Lipinski definition) is 2. The molecule has 0 saturated carbocycles. The molecule has 0 atom stereocenters. The molecule has 0 fully saturated rings. The molecule has 0 amide bonds. The number of aryl methyl sites for hydroxylation is 2. The van der Waals surface area contributed by atoms with Crippen molar-refractivity contribution in [2.75, 3.05) is 7.11 Å². The highest BCUT2D eigenvalue weighted by molar-refractivity contribution is 6.17. The van der Waals surface area contributed by atoms with Gasteiger partial charge in [-0.1, -0.05) is 29.8 Å². The van der Waals surface area contributed by atoms with E-state index in [1.807, 2.05) is 18.2 Å². The van der Waals surface area contributed by atoms with Gasteiger partial charge in [0.2, 0.25) is 0 Å². The van der Waals surface area contributed by atoms with Crippen molar-refractivity contribution >= 4 is 11.6 Å². The quantitative estimate of drug-likeness (QED) is 0.748. The third kappa shape index (κ3) is 3.45. The van der Waals surface area contributed by atoms with Crippen LogP contribution in [0.2, 0.25) is 0 Å². The fourth-order valence-electron chi connectivity index (χ4n) is 2.03. The first-order chi connectivity index (χ1) is 9.63. The van der Waals surface area contributed by atoms with Crippen LogP contribution in [-0.4, -0.2) is 7.11 Å². The Morgan fingerprint density at radius 2 is 1.80 bits per heavy atom. The monoisotopic (exact) mass is 290 g/mol. The van der Waals surface area contributed by atoms with E-state index < -0.39 is 0 Å². The van der Waals surface area contributed by atoms with Gasteiger partial charge in [-0.3, -0.25) is 0 Å². The molecular weight excluding hydrogens is 272 g/mol. The average molecular weight is 291 g/mol. The number of benzene rings is 2. The van der Waals surface area contributed by atoms with Crippen LogP contribution in [0, 0.1) is 13.8 Å². The Hall–Kier alpha value is -1.67. The molecule has 0 aliphatic heterocycles. The first-order valence-corrected chi connectivity index (χ1v) is 7.09. The maximum Gasteiger partial charge on any atom is 0.161 e. The number of rotatable bonds is 5. The summed E-state index contributed by atoms with van der Waals surface area (Å²) < 4.78 is 11.2. The Morgan fingerprint density at radius 1 is 1.00 bits per heavy atom. The highest BCUT2D eigenvalue weighted by atomic mass is 35.5. The maximum absolute atomic E-state index is 5.91. The Bertz CT molecular complexity index is 594. The number of methoxy groups -OCH3 is 1. The summed E-state index contributed by atoms with van der Waals surface area (Å²) in [6, 6.07) is 12.1. The lowest BCUT2D eigenvalue weighted by Crippen LogP contribution is -2.00. The summed E-state index contributed by atoms with van der Waals surface area (Å²) in [7, 11) is 1.64. The molecule has 2 aromatic carbocycles. The third-order valence-corrected chi connectivity index (χ3v) is 3.58. The lowest BCUT2D eigenvalue weighted by molar-refractivity contribution is 0.283. The van der Waals surface area contributed by atoms with Crippen LogP contribution < -0.4 is 9.47 Å². The summed E-state index contributed by atoms with van der Waals surface area (Å²) in [5, 5.41) is 0. The molecule has 0 spiro atoms. The van der Waals surface area contributed by atoms with E-state index in [9.17, 15) is 0 Å². The van der Waals surface area contributed by atoms with Crippen molar-refractivity contribution in [2.24, 2.45) is 0 Å². The lowest BCUT2D eigenvalue weighted by Gasteiger charge is -2.13. The second kappa shape index (κ2) is 6.67. The summed E-state index contributed by atoms with van der Waals surface area (Å²) in [5.74, 6) is 1.92. The van der Waals surface area contributed by atoms with Crippen molar-refractivity contribution in [1.29, 1.82) is 0 Å². The van der Waals surface area contributed by atoms with Crippen LogP contribution in [0.4, 0.5) is 0 Å². The van der Waals surface area contributed by atoms with Crippen LogP contribution in [0.5, 0.6) is 11.5 Å². The molecule has 2 nitrogen and oxygen atoms in total. The van der Waals surface area contributed by atoms with Crippen LogP contribution in [0.15, 0.2) is 36.4 Å². The number of halogens is 1. The molecule has 2 rings (SSSR count). The van der Waals surface area contributed by atoms with Gasteiger partial charge in [-0.25, -0.2) is 0 Å². The number of ether oxygens (including phenoxy) is 2. The summed E-state index contributed by atoms with van der Waals surface area (Å²) in [4.78, 5) is 0. The predicted octanol–water partition coefficient (Wildman–Crippen LogP) is 4.63. The number of hydrogen-bond donors (Lipinski definition) is 0. The fraction of sp³-hybridized carbons (Fsp3) is 0.294. The molecule has 0 aliphatic carbocycles. The van der Waals surface area contributed by atoms with Crippen LogP contribution in [0.1, 0.15) is 22.3 Å². The Kier molecular flexibility index (Phi) is 4.91. The molecule has 0 aromatic heterocycles. The van der Waals surface area contributed by atoms with E-state index in [4.69, 9.17) is 21.1 Å². The van der Waals surface area contributed by atoms with E-state index in [2.05, 4.69) is 32.0 Å². The molecule has 0 saturated heterocycles. The van der Waals surface area contributed by atoms with Gasteiger partial charge in [0.25, 0.3) is 0 Å². The molecule has 2 aromatic rings. The molecule has 106 valence electrons. The van der Waals surface area contributed by atoms with Crippen molar-refractivity contribution in [3.63, 3.8) is 0 Å². The van der Waals surface area contributed by atoms with E-state index in [0.29, 0.717) is 12.5 Å². The van der Waals surface area contributed by atoms with Gasteiger partial charge in [0, 0.05) is 5.88 Å². The number of alkyl halides is 1. The summed E-state index contributed by atoms with van der Waals surface area (Å²) in [6.07, 6.45) is 0. The first-order valence-electron chi connectivity index (χ1n) is 6.56. The van der Waals surface area contributed by atoms with E-state index in [1.54, 1.807) is 7.11 Å². The second-order valence-electron chi connectivity index (χ2n) is 4.84. The SMILES string of the molecule is COc1ccc(CCl)cc1OCc1cc(C)ccc1C. The van der Waals surface area contributed by atoms with Crippen molar-refractivity contribution in [1.82, 2.24) is 0 Å². The van der Waals surface area contributed by atoms with Gasteiger partial charge in [0.1, 0.15) is 6.61 Å². The van der Waals surface area contributed by atoms with E-state index >= 15 is 0 Å². The van der Waals surface area contributed by atoms with Crippen LogP contribution in [0.3, 0.4) is 0 Å². The molecule has 0 heterocycles. The molecule has 0 bridgehead atoms. The maximum atomic E-state index is 5.91. The van der Waals surface area contributed by atoms with Crippen LogP contribution >= 0.6 is 11.6 Å². The molecule has 0 N–H and O–H groups in total. The minimum absolute atomic E-state index is 0.462. The zero-order valence-electron chi connectivity index (χ0n) is 12.1. The Morgan fingerprint density at radius 3 is 2.50 bits per heavy atom. The lowest BCUT2D eigenvalue weighted by atomic mass is 10.1.